The summed E-state index contributed by atoms with van der Waals surface area (Å²) in [5.74, 6) is 0.838. The maximum atomic E-state index is 12.6. The second kappa shape index (κ2) is 8.51. The van der Waals surface area contributed by atoms with Gasteiger partial charge in [-0.15, -0.1) is 6.58 Å². The summed E-state index contributed by atoms with van der Waals surface area (Å²) in [5, 5.41) is 7.42. The largest absolute Gasteiger partial charge is 0.337 e. The van der Waals surface area contributed by atoms with E-state index in [2.05, 4.69) is 22.0 Å². The SMILES string of the molecule is C=CCN(Cc1nc(-c2cccc(C)c2)no1)C(=O)Nc1ccc(Cl)cc1. The molecule has 0 aliphatic heterocycles. The van der Waals surface area contributed by atoms with Crippen LogP contribution in [0.2, 0.25) is 5.02 Å². The molecule has 1 heterocycles. The predicted octanol–water partition coefficient (Wildman–Crippen LogP) is 4.92. The maximum Gasteiger partial charge on any atom is 0.322 e. The van der Waals surface area contributed by atoms with Crippen LogP contribution in [-0.2, 0) is 6.54 Å². The molecule has 3 rings (SSSR count). The fraction of sp³-hybridized carbons (Fsp3) is 0.150. The van der Waals surface area contributed by atoms with E-state index >= 15 is 0 Å². The molecular weight excluding hydrogens is 364 g/mol. The van der Waals surface area contributed by atoms with Crippen molar-refractivity contribution >= 4 is 23.3 Å². The van der Waals surface area contributed by atoms with E-state index < -0.39 is 0 Å². The molecule has 0 unspecified atom stereocenters. The van der Waals surface area contributed by atoms with Crippen LogP contribution in [-0.4, -0.2) is 27.6 Å². The zero-order valence-corrected chi connectivity index (χ0v) is 15.6. The van der Waals surface area contributed by atoms with Gasteiger partial charge in [0, 0.05) is 22.8 Å². The Bertz CT molecular complexity index is 937. The van der Waals surface area contributed by atoms with Crippen molar-refractivity contribution in [1.82, 2.24) is 15.0 Å². The molecule has 0 radical (unpaired) electrons. The Labute approximate surface area is 162 Å². The predicted molar refractivity (Wildman–Crippen MR) is 106 cm³/mol. The molecule has 6 nitrogen and oxygen atoms in total. The van der Waals surface area contributed by atoms with Crippen LogP contribution in [0.1, 0.15) is 11.5 Å². The van der Waals surface area contributed by atoms with Crippen LogP contribution in [0.25, 0.3) is 11.4 Å². The smallest absolute Gasteiger partial charge is 0.322 e. The number of hydrogen-bond donors (Lipinski definition) is 1. The Hall–Kier alpha value is -3.12. The van der Waals surface area contributed by atoms with Gasteiger partial charge in [-0.05, 0) is 37.3 Å². The zero-order chi connectivity index (χ0) is 19.2. The molecule has 0 aliphatic carbocycles. The second-order valence-electron chi connectivity index (χ2n) is 5.99. The third-order valence-corrected chi connectivity index (χ3v) is 4.05. The van der Waals surface area contributed by atoms with E-state index in [1.165, 1.54) is 4.90 Å². The van der Waals surface area contributed by atoms with Crippen molar-refractivity contribution in [2.45, 2.75) is 13.5 Å². The normalized spacial score (nSPS) is 10.4. The molecule has 0 saturated carbocycles. The van der Waals surface area contributed by atoms with E-state index in [-0.39, 0.29) is 12.6 Å². The van der Waals surface area contributed by atoms with Crippen LogP contribution in [0.5, 0.6) is 0 Å². The lowest BCUT2D eigenvalue weighted by molar-refractivity contribution is 0.206. The molecule has 0 aliphatic rings. The minimum Gasteiger partial charge on any atom is -0.337 e. The van der Waals surface area contributed by atoms with Gasteiger partial charge in [0.25, 0.3) is 0 Å². The molecule has 2 amide bonds. The number of nitrogens with zero attached hydrogens (tertiary/aromatic N) is 3. The molecule has 0 fully saturated rings. The van der Waals surface area contributed by atoms with Gasteiger partial charge >= 0.3 is 6.03 Å². The van der Waals surface area contributed by atoms with Gasteiger partial charge in [0.15, 0.2) is 0 Å². The minimum atomic E-state index is -0.299. The van der Waals surface area contributed by atoms with E-state index in [4.69, 9.17) is 16.1 Å². The number of anilines is 1. The first-order valence-electron chi connectivity index (χ1n) is 8.37. The van der Waals surface area contributed by atoms with E-state index in [1.54, 1.807) is 30.3 Å². The maximum absolute atomic E-state index is 12.6. The van der Waals surface area contributed by atoms with Crippen LogP contribution in [0.4, 0.5) is 10.5 Å². The van der Waals surface area contributed by atoms with E-state index in [0.717, 1.165) is 11.1 Å². The van der Waals surface area contributed by atoms with Crippen molar-refractivity contribution in [2.24, 2.45) is 0 Å². The van der Waals surface area contributed by atoms with Gasteiger partial charge in [-0.1, -0.05) is 46.6 Å². The summed E-state index contributed by atoms with van der Waals surface area (Å²) in [5.41, 5.74) is 2.62. The molecule has 0 atom stereocenters. The average molecular weight is 383 g/mol. The molecule has 3 aromatic rings. The van der Waals surface area contributed by atoms with Gasteiger partial charge in [-0.2, -0.15) is 4.98 Å². The van der Waals surface area contributed by atoms with Crippen molar-refractivity contribution in [2.75, 3.05) is 11.9 Å². The van der Waals surface area contributed by atoms with Crippen LogP contribution < -0.4 is 5.32 Å². The standard InChI is InChI=1S/C20H19ClN4O2/c1-3-11-25(20(26)22-17-9-7-16(21)8-10-17)13-18-23-19(24-27-18)15-6-4-5-14(2)12-15/h3-10,12H,1,11,13H2,2H3,(H,22,26). The number of rotatable bonds is 6. The molecular formula is C20H19ClN4O2. The topological polar surface area (TPSA) is 71.3 Å². The Balaban J connectivity index is 1.71. The number of amides is 2. The molecule has 1 aromatic heterocycles. The van der Waals surface area contributed by atoms with Crippen molar-refractivity contribution in [1.29, 1.82) is 0 Å². The van der Waals surface area contributed by atoms with Crippen molar-refractivity contribution < 1.29 is 9.32 Å². The van der Waals surface area contributed by atoms with Crippen molar-refractivity contribution in [3.05, 3.63) is 77.7 Å². The number of halogens is 1. The summed E-state index contributed by atoms with van der Waals surface area (Å²) < 4.78 is 5.32. The molecule has 7 heteroatoms. The Kier molecular flexibility index (Phi) is 5.88. The lowest BCUT2D eigenvalue weighted by Gasteiger charge is -2.19. The van der Waals surface area contributed by atoms with Gasteiger partial charge in [-0.3, -0.25) is 0 Å². The summed E-state index contributed by atoms with van der Waals surface area (Å²) in [6, 6.07) is 14.4. The van der Waals surface area contributed by atoms with Crippen molar-refractivity contribution in [3.63, 3.8) is 0 Å². The fourth-order valence-corrected chi connectivity index (χ4v) is 2.62. The summed E-state index contributed by atoms with van der Waals surface area (Å²) in [4.78, 5) is 18.5. The van der Waals surface area contributed by atoms with E-state index in [1.807, 2.05) is 31.2 Å². The second-order valence-corrected chi connectivity index (χ2v) is 6.42. The highest BCUT2D eigenvalue weighted by atomic mass is 35.5. The monoisotopic (exact) mass is 382 g/mol. The number of aryl methyl sites for hydroxylation is 1. The quantitative estimate of drug-likeness (QED) is 0.614. The number of urea groups is 1. The highest BCUT2D eigenvalue weighted by Gasteiger charge is 2.17. The highest BCUT2D eigenvalue weighted by molar-refractivity contribution is 6.30. The molecule has 1 N–H and O–H groups in total. The first-order valence-corrected chi connectivity index (χ1v) is 8.75. The Morgan fingerprint density at radius 1 is 1.30 bits per heavy atom. The molecule has 0 saturated heterocycles. The summed E-state index contributed by atoms with van der Waals surface area (Å²) in [6.45, 7) is 6.20. The number of benzene rings is 2. The van der Waals surface area contributed by atoms with Gasteiger partial charge in [0.1, 0.15) is 6.54 Å². The fourth-order valence-electron chi connectivity index (χ4n) is 2.49. The number of carbonyl (C=O) groups excluding carboxylic acids is 1. The van der Waals surface area contributed by atoms with Crippen LogP contribution >= 0.6 is 11.6 Å². The lowest BCUT2D eigenvalue weighted by atomic mass is 10.1. The Morgan fingerprint density at radius 3 is 2.78 bits per heavy atom. The Morgan fingerprint density at radius 2 is 2.07 bits per heavy atom. The molecule has 0 bridgehead atoms. The highest BCUT2D eigenvalue weighted by Crippen LogP contribution is 2.18. The zero-order valence-electron chi connectivity index (χ0n) is 14.9. The minimum absolute atomic E-state index is 0.171. The van der Waals surface area contributed by atoms with Gasteiger partial charge in [0.2, 0.25) is 11.7 Å². The van der Waals surface area contributed by atoms with Gasteiger partial charge < -0.3 is 14.7 Å². The molecule has 0 spiro atoms. The van der Waals surface area contributed by atoms with Gasteiger partial charge in [0.05, 0.1) is 0 Å². The molecule has 2 aromatic carbocycles. The molecule has 27 heavy (non-hydrogen) atoms. The van der Waals surface area contributed by atoms with Crippen molar-refractivity contribution in [3.8, 4) is 11.4 Å². The number of nitrogens with one attached hydrogen (secondary N) is 1. The summed E-state index contributed by atoms with van der Waals surface area (Å²) >= 11 is 5.87. The van der Waals surface area contributed by atoms with Crippen LogP contribution in [0.15, 0.2) is 65.7 Å². The van der Waals surface area contributed by atoms with E-state index in [9.17, 15) is 4.79 Å². The lowest BCUT2D eigenvalue weighted by Crippen LogP contribution is -2.34. The van der Waals surface area contributed by atoms with Crippen LogP contribution in [0, 0.1) is 6.92 Å². The van der Waals surface area contributed by atoms with Gasteiger partial charge in [-0.25, -0.2) is 4.79 Å². The average Bonchev–Trinajstić information content (AvgIpc) is 3.12. The molecule has 138 valence electrons. The van der Waals surface area contributed by atoms with E-state index in [0.29, 0.717) is 29.0 Å². The number of aromatic nitrogens is 2. The first kappa shape index (κ1) is 18.7. The number of hydrogen-bond acceptors (Lipinski definition) is 4. The van der Waals surface area contributed by atoms with Crippen LogP contribution in [0.3, 0.4) is 0 Å². The first-order chi connectivity index (χ1) is 13.0. The summed E-state index contributed by atoms with van der Waals surface area (Å²) in [7, 11) is 0. The number of carbonyl (C=O) groups is 1. The third kappa shape index (κ3) is 4.95. The summed E-state index contributed by atoms with van der Waals surface area (Å²) in [6.07, 6.45) is 1.64. The third-order valence-electron chi connectivity index (χ3n) is 3.80.